The number of rotatable bonds is 8. The molecule has 1 atom stereocenters. The van der Waals surface area contributed by atoms with Gasteiger partial charge in [0.15, 0.2) is 6.61 Å². The first-order valence-electron chi connectivity index (χ1n) is 9.26. The van der Waals surface area contributed by atoms with Crippen LogP contribution in [0.15, 0.2) is 48.5 Å². The molecule has 29 heavy (non-hydrogen) atoms. The van der Waals surface area contributed by atoms with Crippen LogP contribution in [0, 0.1) is 0 Å². The van der Waals surface area contributed by atoms with E-state index in [0.29, 0.717) is 0 Å². The molecule has 0 radical (unpaired) electrons. The molecule has 3 N–H and O–H groups in total. The smallest absolute Gasteiger partial charge is 0.407 e. The van der Waals surface area contributed by atoms with Gasteiger partial charge in [-0.15, -0.1) is 0 Å². The molecule has 2 aromatic carbocycles. The number of carboxylic acid groups (broad SMARTS) is 1. The summed E-state index contributed by atoms with van der Waals surface area (Å²) >= 11 is 0. The number of benzene rings is 2. The second kappa shape index (κ2) is 9.20. The molecule has 1 aliphatic rings. The molecular formula is C21H22N2O6. The Hall–Kier alpha value is -3.39. The molecule has 0 saturated heterocycles. The monoisotopic (exact) mass is 398 g/mol. The molecule has 0 heterocycles. The number of hydrogen-bond acceptors (Lipinski definition) is 5. The topological polar surface area (TPSA) is 114 Å². The van der Waals surface area contributed by atoms with Crippen molar-refractivity contribution in [3.05, 3.63) is 59.7 Å². The predicted octanol–water partition coefficient (Wildman–Crippen LogP) is 2.44. The van der Waals surface area contributed by atoms with E-state index < -0.39 is 30.6 Å². The predicted molar refractivity (Wildman–Crippen MR) is 104 cm³/mol. The molecule has 2 amide bonds. The normalized spacial score (nSPS) is 13.1. The van der Waals surface area contributed by atoms with E-state index in [1.54, 1.807) is 6.92 Å². The summed E-state index contributed by atoms with van der Waals surface area (Å²) in [4.78, 5) is 39.2. The standard InChI is InChI=1S/C21H22N2O6/c1-2-18(20(26)23-29-12-19(24)25)22-21(27)28-11-17-15-9-5-3-7-13(15)14-8-4-6-10-16(14)17/h3-10,17-18H,2,11-12H2,1H3,(H,22,27)(H,23,26)(H,24,25)/t18-/m1/s1. The maximum Gasteiger partial charge on any atom is 0.407 e. The van der Waals surface area contributed by atoms with Crippen LogP contribution in [0.4, 0.5) is 4.79 Å². The van der Waals surface area contributed by atoms with Crippen molar-refractivity contribution in [1.29, 1.82) is 0 Å². The van der Waals surface area contributed by atoms with Crippen LogP contribution in [0.3, 0.4) is 0 Å². The van der Waals surface area contributed by atoms with Crippen LogP contribution in [0.5, 0.6) is 0 Å². The van der Waals surface area contributed by atoms with E-state index >= 15 is 0 Å². The highest BCUT2D eigenvalue weighted by atomic mass is 16.7. The fourth-order valence-corrected chi connectivity index (χ4v) is 3.38. The number of carbonyl (C=O) groups is 3. The van der Waals surface area contributed by atoms with Crippen molar-refractivity contribution in [3.8, 4) is 11.1 Å². The van der Waals surface area contributed by atoms with Gasteiger partial charge >= 0.3 is 12.1 Å². The molecule has 0 fully saturated rings. The maximum atomic E-state index is 12.2. The average molecular weight is 398 g/mol. The number of ether oxygens (including phenoxy) is 1. The summed E-state index contributed by atoms with van der Waals surface area (Å²) < 4.78 is 5.40. The number of nitrogens with one attached hydrogen (secondary N) is 2. The van der Waals surface area contributed by atoms with Crippen LogP contribution in [0.25, 0.3) is 11.1 Å². The molecule has 8 heteroatoms. The van der Waals surface area contributed by atoms with Crippen molar-refractivity contribution >= 4 is 18.0 Å². The highest BCUT2D eigenvalue weighted by molar-refractivity contribution is 5.85. The lowest BCUT2D eigenvalue weighted by molar-refractivity contribution is -0.150. The third-order valence-corrected chi connectivity index (χ3v) is 4.73. The zero-order valence-corrected chi connectivity index (χ0v) is 15.9. The first kappa shape index (κ1) is 20.3. The van der Waals surface area contributed by atoms with E-state index in [4.69, 9.17) is 9.84 Å². The highest BCUT2D eigenvalue weighted by Gasteiger charge is 2.29. The van der Waals surface area contributed by atoms with Crippen LogP contribution in [0.2, 0.25) is 0 Å². The molecule has 2 aromatic rings. The minimum Gasteiger partial charge on any atom is -0.479 e. The van der Waals surface area contributed by atoms with Crippen molar-refractivity contribution in [2.45, 2.75) is 25.3 Å². The summed E-state index contributed by atoms with van der Waals surface area (Å²) in [6.45, 7) is 1.16. The summed E-state index contributed by atoms with van der Waals surface area (Å²) in [7, 11) is 0. The van der Waals surface area contributed by atoms with Crippen molar-refractivity contribution in [1.82, 2.24) is 10.8 Å². The number of aliphatic carboxylic acids is 1. The lowest BCUT2D eigenvalue weighted by atomic mass is 9.98. The minimum absolute atomic E-state index is 0.0825. The molecule has 0 unspecified atom stereocenters. The van der Waals surface area contributed by atoms with Crippen molar-refractivity contribution < 1.29 is 29.1 Å². The van der Waals surface area contributed by atoms with Gasteiger partial charge in [0.1, 0.15) is 12.6 Å². The Balaban J connectivity index is 1.59. The Morgan fingerprint density at radius 3 is 2.17 bits per heavy atom. The first-order valence-corrected chi connectivity index (χ1v) is 9.26. The zero-order valence-electron chi connectivity index (χ0n) is 15.9. The quantitative estimate of drug-likeness (QED) is 0.589. The molecule has 0 aromatic heterocycles. The van der Waals surface area contributed by atoms with Crippen LogP contribution in [-0.2, 0) is 19.2 Å². The van der Waals surface area contributed by atoms with Crippen LogP contribution in [-0.4, -0.2) is 42.3 Å². The lowest BCUT2D eigenvalue weighted by Crippen LogP contribution is -2.47. The number of hydroxylamine groups is 1. The molecule has 152 valence electrons. The van der Waals surface area contributed by atoms with E-state index in [1.165, 1.54) is 0 Å². The molecule has 0 saturated carbocycles. The van der Waals surface area contributed by atoms with Gasteiger partial charge in [-0.1, -0.05) is 55.5 Å². The van der Waals surface area contributed by atoms with E-state index in [-0.39, 0.29) is 18.9 Å². The molecular weight excluding hydrogens is 376 g/mol. The number of carbonyl (C=O) groups excluding carboxylic acids is 2. The largest absolute Gasteiger partial charge is 0.479 e. The summed E-state index contributed by atoms with van der Waals surface area (Å²) in [5.41, 5.74) is 6.43. The first-order chi connectivity index (χ1) is 14.0. The van der Waals surface area contributed by atoms with Gasteiger partial charge in [0.2, 0.25) is 0 Å². The van der Waals surface area contributed by atoms with Gasteiger partial charge in [0, 0.05) is 5.92 Å². The Morgan fingerprint density at radius 1 is 1.03 bits per heavy atom. The van der Waals surface area contributed by atoms with Gasteiger partial charge in [0.25, 0.3) is 5.91 Å². The molecule has 0 bridgehead atoms. The summed E-state index contributed by atoms with van der Waals surface area (Å²) in [5, 5.41) is 11.0. The zero-order chi connectivity index (χ0) is 20.8. The maximum absolute atomic E-state index is 12.2. The highest BCUT2D eigenvalue weighted by Crippen LogP contribution is 2.44. The number of alkyl carbamates (subject to hydrolysis) is 1. The van der Waals surface area contributed by atoms with Gasteiger partial charge in [-0.25, -0.2) is 15.1 Å². The molecule has 1 aliphatic carbocycles. The van der Waals surface area contributed by atoms with Crippen molar-refractivity contribution in [2.75, 3.05) is 13.2 Å². The SMILES string of the molecule is CC[C@@H](NC(=O)OCC1c2ccccc2-c2ccccc21)C(=O)NOCC(=O)O. The Morgan fingerprint density at radius 2 is 1.62 bits per heavy atom. The summed E-state index contributed by atoms with van der Waals surface area (Å²) in [6, 6.07) is 15.1. The third-order valence-electron chi connectivity index (χ3n) is 4.73. The summed E-state index contributed by atoms with van der Waals surface area (Å²) in [5.74, 6) is -1.95. The average Bonchev–Trinajstić information content (AvgIpc) is 3.04. The molecule has 0 aliphatic heterocycles. The van der Waals surface area contributed by atoms with Crippen LogP contribution in [0.1, 0.15) is 30.4 Å². The number of carboxylic acids is 1. The van der Waals surface area contributed by atoms with Crippen molar-refractivity contribution in [2.24, 2.45) is 0 Å². The van der Waals surface area contributed by atoms with E-state index in [1.807, 2.05) is 54.0 Å². The van der Waals surface area contributed by atoms with Gasteiger partial charge in [-0.05, 0) is 28.7 Å². The fraction of sp³-hybridized carbons (Fsp3) is 0.286. The number of amides is 2. The van der Waals surface area contributed by atoms with E-state index in [9.17, 15) is 14.4 Å². The fourth-order valence-electron chi connectivity index (χ4n) is 3.38. The van der Waals surface area contributed by atoms with Gasteiger partial charge in [0.05, 0.1) is 0 Å². The Labute approximate surface area is 167 Å². The van der Waals surface area contributed by atoms with Gasteiger partial charge in [-0.3, -0.25) is 9.63 Å². The molecule has 3 rings (SSSR count). The third kappa shape index (κ3) is 4.72. The Kier molecular flexibility index (Phi) is 6.46. The minimum atomic E-state index is -1.22. The van der Waals surface area contributed by atoms with E-state index in [2.05, 4.69) is 10.2 Å². The van der Waals surface area contributed by atoms with Gasteiger partial charge in [-0.2, -0.15) is 0 Å². The lowest BCUT2D eigenvalue weighted by Gasteiger charge is -2.18. The van der Waals surface area contributed by atoms with E-state index in [0.717, 1.165) is 22.3 Å². The molecule has 0 spiro atoms. The van der Waals surface area contributed by atoms with Crippen LogP contribution < -0.4 is 10.8 Å². The number of fused-ring (bicyclic) bond motifs is 3. The second-order valence-corrected chi connectivity index (χ2v) is 6.58. The van der Waals surface area contributed by atoms with Crippen LogP contribution >= 0.6 is 0 Å². The second-order valence-electron chi connectivity index (χ2n) is 6.58. The molecule has 8 nitrogen and oxygen atoms in total. The Bertz CT molecular complexity index is 868. The number of hydrogen-bond donors (Lipinski definition) is 3. The van der Waals surface area contributed by atoms with Crippen molar-refractivity contribution in [3.63, 3.8) is 0 Å². The summed E-state index contributed by atoms with van der Waals surface area (Å²) in [6.07, 6.45) is -0.445. The van der Waals surface area contributed by atoms with Gasteiger partial charge < -0.3 is 15.2 Å².